The summed E-state index contributed by atoms with van der Waals surface area (Å²) in [6.45, 7) is 6.98. The van der Waals surface area contributed by atoms with Crippen molar-refractivity contribution in [1.29, 1.82) is 0 Å². The van der Waals surface area contributed by atoms with Gasteiger partial charge in [-0.25, -0.2) is 4.79 Å². The number of amides is 2. The van der Waals surface area contributed by atoms with Crippen LogP contribution < -0.4 is 19.7 Å². The lowest BCUT2D eigenvalue weighted by atomic mass is 10.2. The molecule has 0 saturated carbocycles. The van der Waals surface area contributed by atoms with Crippen molar-refractivity contribution in [2.45, 2.75) is 19.9 Å². The molecule has 2 amide bonds. The zero-order chi connectivity index (χ0) is 16.1. The molecule has 0 atom stereocenters. The van der Waals surface area contributed by atoms with Crippen LogP contribution in [0.3, 0.4) is 0 Å². The molecule has 2 rings (SSSR count). The average Bonchev–Trinajstić information content (AvgIpc) is 2.53. The van der Waals surface area contributed by atoms with E-state index in [2.05, 4.69) is 10.2 Å². The SMILES string of the molecule is COc1ccc(N2CCN(C(=O)NC(C)C)CC2)cc1OC. The van der Waals surface area contributed by atoms with E-state index in [4.69, 9.17) is 9.47 Å². The van der Waals surface area contributed by atoms with Gasteiger partial charge >= 0.3 is 6.03 Å². The Morgan fingerprint density at radius 3 is 2.27 bits per heavy atom. The third-order valence-electron chi connectivity index (χ3n) is 3.71. The third kappa shape index (κ3) is 3.75. The number of carbonyl (C=O) groups is 1. The average molecular weight is 307 g/mol. The molecule has 1 N–H and O–H groups in total. The van der Waals surface area contributed by atoms with Gasteiger partial charge in [0, 0.05) is 44.0 Å². The van der Waals surface area contributed by atoms with E-state index in [1.165, 1.54) is 0 Å². The molecular weight excluding hydrogens is 282 g/mol. The minimum Gasteiger partial charge on any atom is -0.493 e. The van der Waals surface area contributed by atoms with E-state index in [0.717, 1.165) is 30.3 Å². The van der Waals surface area contributed by atoms with Crippen molar-refractivity contribution in [3.8, 4) is 11.5 Å². The van der Waals surface area contributed by atoms with Crippen molar-refractivity contribution in [3.63, 3.8) is 0 Å². The Morgan fingerprint density at radius 1 is 1.09 bits per heavy atom. The number of rotatable bonds is 4. The van der Waals surface area contributed by atoms with Crippen LogP contribution in [0.5, 0.6) is 11.5 Å². The molecule has 0 radical (unpaired) electrons. The molecule has 22 heavy (non-hydrogen) atoms. The Bertz CT molecular complexity index is 511. The number of ether oxygens (including phenoxy) is 2. The summed E-state index contributed by atoms with van der Waals surface area (Å²) in [7, 11) is 3.26. The van der Waals surface area contributed by atoms with E-state index in [1.807, 2.05) is 36.9 Å². The van der Waals surface area contributed by atoms with E-state index >= 15 is 0 Å². The number of carbonyl (C=O) groups excluding carboxylic acids is 1. The number of methoxy groups -OCH3 is 2. The fraction of sp³-hybridized carbons (Fsp3) is 0.562. The van der Waals surface area contributed by atoms with E-state index in [0.29, 0.717) is 13.1 Å². The highest BCUT2D eigenvalue weighted by Crippen LogP contribution is 2.31. The first-order valence-corrected chi connectivity index (χ1v) is 7.57. The lowest BCUT2D eigenvalue weighted by Gasteiger charge is -2.36. The molecule has 0 aromatic heterocycles. The van der Waals surface area contributed by atoms with Crippen LogP contribution in [0.15, 0.2) is 18.2 Å². The summed E-state index contributed by atoms with van der Waals surface area (Å²) in [6, 6.07) is 6.08. The summed E-state index contributed by atoms with van der Waals surface area (Å²) in [5.41, 5.74) is 1.08. The topological polar surface area (TPSA) is 54.0 Å². The van der Waals surface area contributed by atoms with Crippen LogP contribution in [-0.4, -0.2) is 57.4 Å². The number of hydrogen-bond acceptors (Lipinski definition) is 4. The lowest BCUT2D eigenvalue weighted by Crippen LogP contribution is -2.52. The van der Waals surface area contributed by atoms with E-state index in [-0.39, 0.29) is 12.1 Å². The molecule has 6 heteroatoms. The second kappa shape index (κ2) is 7.24. The molecule has 1 fully saturated rings. The Hall–Kier alpha value is -2.11. The highest BCUT2D eigenvalue weighted by Gasteiger charge is 2.22. The van der Waals surface area contributed by atoms with E-state index in [1.54, 1.807) is 14.2 Å². The number of hydrogen-bond donors (Lipinski definition) is 1. The van der Waals surface area contributed by atoms with Crippen LogP contribution in [-0.2, 0) is 0 Å². The maximum atomic E-state index is 12.0. The van der Waals surface area contributed by atoms with Crippen LogP contribution in [0.2, 0.25) is 0 Å². The van der Waals surface area contributed by atoms with E-state index in [9.17, 15) is 4.79 Å². The minimum atomic E-state index is 0.0157. The van der Waals surface area contributed by atoms with Gasteiger partial charge in [-0.15, -0.1) is 0 Å². The van der Waals surface area contributed by atoms with E-state index < -0.39 is 0 Å². The van der Waals surface area contributed by atoms with Crippen molar-refractivity contribution < 1.29 is 14.3 Å². The summed E-state index contributed by atoms with van der Waals surface area (Å²) >= 11 is 0. The van der Waals surface area contributed by atoms with Crippen molar-refractivity contribution >= 4 is 11.7 Å². The van der Waals surface area contributed by atoms with Gasteiger partial charge in [0.15, 0.2) is 11.5 Å². The zero-order valence-electron chi connectivity index (χ0n) is 13.8. The molecule has 0 unspecified atom stereocenters. The molecule has 0 spiro atoms. The number of nitrogens with zero attached hydrogens (tertiary/aromatic N) is 2. The Balaban J connectivity index is 1.98. The Labute approximate surface area is 132 Å². The van der Waals surface area contributed by atoms with Crippen LogP contribution >= 0.6 is 0 Å². The second-order valence-electron chi connectivity index (χ2n) is 5.62. The molecule has 1 aliphatic rings. The molecule has 1 saturated heterocycles. The number of piperazine rings is 1. The minimum absolute atomic E-state index is 0.0157. The standard InChI is InChI=1S/C16H25N3O3/c1-12(2)17-16(20)19-9-7-18(8-10-19)13-5-6-14(21-3)15(11-13)22-4/h5-6,11-12H,7-10H2,1-4H3,(H,17,20). The summed E-state index contributed by atoms with van der Waals surface area (Å²) in [5.74, 6) is 1.45. The highest BCUT2D eigenvalue weighted by molar-refractivity contribution is 5.74. The number of anilines is 1. The maximum absolute atomic E-state index is 12.0. The van der Waals surface area contributed by atoms with Gasteiger partial charge in [0.05, 0.1) is 14.2 Å². The first-order chi connectivity index (χ1) is 10.5. The normalized spacial score (nSPS) is 15.0. The molecule has 1 aromatic rings. The van der Waals surface area contributed by atoms with Crippen molar-refractivity contribution in [3.05, 3.63) is 18.2 Å². The monoisotopic (exact) mass is 307 g/mol. The predicted octanol–water partition coefficient (Wildman–Crippen LogP) is 1.94. The second-order valence-corrected chi connectivity index (χ2v) is 5.62. The molecule has 122 valence electrons. The lowest BCUT2D eigenvalue weighted by molar-refractivity contribution is 0.192. The fourth-order valence-corrected chi connectivity index (χ4v) is 2.53. The molecule has 6 nitrogen and oxygen atoms in total. The smallest absolute Gasteiger partial charge is 0.317 e. The molecule has 1 aromatic carbocycles. The van der Waals surface area contributed by atoms with Gasteiger partial charge in [0.1, 0.15) is 0 Å². The van der Waals surface area contributed by atoms with Gasteiger partial charge in [-0.1, -0.05) is 0 Å². The molecular formula is C16H25N3O3. The van der Waals surface area contributed by atoms with Crippen LogP contribution in [0.4, 0.5) is 10.5 Å². The highest BCUT2D eigenvalue weighted by atomic mass is 16.5. The molecule has 0 bridgehead atoms. The summed E-state index contributed by atoms with van der Waals surface area (Å²) in [6.07, 6.45) is 0. The van der Waals surface area contributed by atoms with Crippen LogP contribution in [0, 0.1) is 0 Å². The third-order valence-corrected chi connectivity index (χ3v) is 3.71. The van der Waals surface area contributed by atoms with Crippen LogP contribution in [0.1, 0.15) is 13.8 Å². The van der Waals surface area contributed by atoms with Gasteiger partial charge in [-0.3, -0.25) is 0 Å². The molecule has 1 heterocycles. The van der Waals surface area contributed by atoms with Crippen molar-refractivity contribution in [1.82, 2.24) is 10.2 Å². The number of benzene rings is 1. The largest absolute Gasteiger partial charge is 0.493 e. The molecule has 0 aliphatic carbocycles. The zero-order valence-corrected chi connectivity index (χ0v) is 13.8. The number of urea groups is 1. The maximum Gasteiger partial charge on any atom is 0.317 e. The quantitative estimate of drug-likeness (QED) is 0.924. The van der Waals surface area contributed by atoms with Gasteiger partial charge in [0.2, 0.25) is 0 Å². The van der Waals surface area contributed by atoms with Gasteiger partial charge in [-0.05, 0) is 26.0 Å². The first kappa shape index (κ1) is 16.3. The van der Waals surface area contributed by atoms with Gasteiger partial charge in [0.25, 0.3) is 0 Å². The van der Waals surface area contributed by atoms with Gasteiger partial charge < -0.3 is 24.6 Å². The summed E-state index contributed by atoms with van der Waals surface area (Å²) < 4.78 is 10.6. The fourth-order valence-electron chi connectivity index (χ4n) is 2.53. The summed E-state index contributed by atoms with van der Waals surface area (Å²) in [5, 5.41) is 2.93. The van der Waals surface area contributed by atoms with Crippen molar-refractivity contribution in [2.24, 2.45) is 0 Å². The van der Waals surface area contributed by atoms with Gasteiger partial charge in [-0.2, -0.15) is 0 Å². The molecule has 1 aliphatic heterocycles. The Kier molecular flexibility index (Phi) is 5.35. The van der Waals surface area contributed by atoms with Crippen LogP contribution in [0.25, 0.3) is 0 Å². The van der Waals surface area contributed by atoms with Crippen molar-refractivity contribution in [2.75, 3.05) is 45.3 Å². The first-order valence-electron chi connectivity index (χ1n) is 7.57. The Morgan fingerprint density at radius 2 is 1.73 bits per heavy atom. The number of nitrogens with one attached hydrogen (secondary N) is 1. The predicted molar refractivity (Wildman–Crippen MR) is 87.0 cm³/mol. The summed E-state index contributed by atoms with van der Waals surface area (Å²) in [4.78, 5) is 16.1.